The fraction of sp³-hybridized carbons (Fsp3) is 0.538. The predicted molar refractivity (Wildman–Crippen MR) is 76.2 cm³/mol. The summed E-state index contributed by atoms with van der Waals surface area (Å²) in [4.78, 5) is 2.64. The number of hydrogen-bond donors (Lipinski definition) is 1. The van der Waals surface area contributed by atoms with Crippen molar-refractivity contribution in [1.29, 1.82) is 0 Å². The molecular weight excluding hydrogens is 311 g/mol. The first-order chi connectivity index (χ1) is 7.68. The Labute approximate surface area is 111 Å². The average Bonchev–Trinajstić information content (AvgIpc) is 2.64. The van der Waals surface area contributed by atoms with Gasteiger partial charge in [-0.2, -0.15) is 0 Å². The monoisotopic (exact) mass is 328 g/mol. The highest BCUT2D eigenvalue weighted by atomic mass is 127. The molecule has 1 aromatic rings. The molecule has 3 rings (SSSR count). The number of piperazine rings is 1. The van der Waals surface area contributed by atoms with Gasteiger partial charge < -0.3 is 10.2 Å². The zero-order valence-electron chi connectivity index (χ0n) is 9.76. The number of nitrogens with one attached hydrogen (secondary N) is 1. The lowest BCUT2D eigenvalue weighted by Crippen LogP contribution is -2.55. The molecule has 1 saturated heterocycles. The second-order valence-electron chi connectivity index (χ2n) is 4.95. The summed E-state index contributed by atoms with van der Waals surface area (Å²) < 4.78 is 1.39. The summed E-state index contributed by atoms with van der Waals surface area (Å²) in [6.07, 6.45) is 1.21. The molecule has 0 aliphatic carbocycles. The number of hydrogen-bond acceptors (Lipinski definition) is 2. The van der Waals surface area contributed by atoms with Crippen molar-refractivity contribution < 1.29 is 0 Å². The highest BCUT2D eigenvalue weighted by Gasteiger charge is 2.36. The van der Waals surface area contributed by atoms with Crippen LogP contribution in [0.3, 0.4) is 0 Å². The second-order valence-corrected chi connectivity index (χ2v) is 6.11. The van der Waals surface area contributed by atoms with Crippen LogP contribution in [0.4, 0.5) is 5.69 Å². The second kappa shape index (κ2) is 3.88. The van der Waals surface area contributed by atoms with Crippen LogP contribution in [0.2, 0.25) is 0 Å². The van der Waals surface area contributed by atoms with Gasteiger partial charge in [-0.15, -0.1) is 0 Å². The molecular formula is C13H17IN2. The maximum Gasteiger partial charge on any atom is 0.0459 e. The average molecular weight is 328 g/mol. The Balaban J connectivity index is 2.11. The van der Waals surface area contributed by atoms with Crippen LogP contribution in [0.5, 0.6) is 0 Å². The van der Waals surface area contributed by atoms with Gasteiger partial charge in [0.2, 0.25) is 0 Å². The summed E-state index contributed by atoms with van der Waals surface area (Å²) >= 11 is 2.45. The largest absolute Gasteiger partial charge is 0.362 e. The van der Waals surface area contributed by atoms with Gasteiger partial charge in [-0.25, -0.2) is 0 Å². The van der Waals surface area contributed by atoms with Crippen LogP contribution in [-0.2, 0) is 6.42 Å². The van der Waals surface area contributed by atoms with Crippen molar-refractivity contribution in [3.05, 3.63) is 26.8 Å². The first kappa shape index (κ1) is 10.8. The van der Waals surface area contributed by atoms with E-state index >= 15 is 0 Å². The van der Waals surface area contributed by atoms with Gasteiger partial charge in [0.1, 0.15) is 0 Å². The van der Waals surface area contributed by atoms with Gasteiger partial charge in [0, 0.05) is 34.4 Å². The predicted octanol–water partition coefficient (Wildman–Crippen LogP) is 2.32. The van der Waals surface area contributed by atoms with E-state index in [2.05, 4.69) is 58.8 Å². The molecule has 0 aromatic heterocycles. The van der Waals surface area contributed by atoms with Crippen molar-refractivity contribution in [3.8, 4) is 0 Å². The number of halogens is 1. The molecule has 2 atom stereocenters. The van der Waals surface area contributed by atoms with Crippen LogP contribution < -0.4 is 10.2 Å². The first-order valence-electron chi connectivity index (χ1n) is 5.95. The molecule has 0 radical (unpaired) electrons. The Morgan fingerprint density at radius 2 is 2.19 bits per heavy atom. The quantitative estimate of drug-likeness (QED) is 0.736. The Hall–Kier alpha value is -0.290. The number of fused-ring (bicyclic) bond motifs is 3. The van der Waals surface area contributed by atoms with E-state index < -0.39 is 0 Å². The number of rotatable bonds is 0. The van der Waals surface area contributed by atoms with Crippen LogP contribution >= 0.6 is 22.6 Å². The lowest BCUT2D eigenvalue weighted by molar-refractivity contribution is 0.429. The van der Waals surface area contributed by atoms with Crippen molar-refractivity contribution in [3.63, 3.8) is 0 Å². The molecule has 1 fully saturated rings. The normalized spacial score (nSPS) is 27.8. The van der Waals surface area contributed by atoms with Gasteiger partial charge in [-0.1, -0.05) is 6.07 Å². The molecule has 0 amide bonds. The smallest absolute Gasteiger partial charge is 0.0459 e. The standard InChI is InChI=1S/C13H17IN2/c1-8-6-15-7-11-5-10-3-4-12(14)9(2)13(10)16(8)11/h3-4,8,11,15H,5-7H2,1-2H3/t8-,11+/m1/s1. The zero-order chi connectivity index (χ0) is 11.3. The van der Waals surface area contributed by atoms with Gasteiger partial charge in [-0.3, -0.25) is 0 Å². The fourth-order valence-electron chi connectivity index (χ4n) is 3.10. The molecule has 0 bridgehead atoms. The lowest BCUT2D eigenvalue weighted by atomic mass is 10.1. The van der Waals surface area contributed by atoms with Crippen LogP contribution in [-0.4, -0.2) is 25.2 Å². The molecule has 1 aromatic carbocycles. The van der Waals surface area contributed by atoms with Crippen LogP contribution in [0, 0.1) is 10.5 Å². The molecule has 16 heavy (non-hydrogen) atoms. The van der Waals surface area contributed by atoms with Gasteiger partial charge in [-0.05, 0) is 60.1 Å². The maximum atomic E-state index is 3.53. The summed E-state index contributed by atoms with van der Waals surface area (Å²) in [5.41, 5.74) is 4.53. The van der Waals surface area contributed by atoms with Crippen molar-refractivity contribution in [1.82, 2.24) is 5.32 Å². The van der Waals surface area contributed by atoms with Crippen LogP contribution in [0.15, 0.2) is 12.1 Å². The van der Waals surface area contributed by atoms with Crippen molar-refractivity contribution in [2.24, 2.45) is 0 Å². The molecule has 0 unspecified atom stereocenters. The Kier molecular flexibility index (Phi) is 2.63. The van der Waals surface area contributed by atoms with E-state index in [1.54, 1.807) is 5.56 Å². The molecule has 86 valence electrons. The van der Waals surface area contributed by atoms with Gasteiger partial charge in [0.05, 0.1) is 0 Å². The SMILES string of the molecule is Cc1c(I)ccc2c1N1[C@H](CNC[C@H]1C)C2. The molecule has 2 nitrogen and oxygen atoms in total. The molecule has 0 spiro atoms. The summed E-state index contributed by atoms with van der Waals surface area (Å²) in [7, 11) is 0. The molecule has 0 saturated carbocycles. The zero-order valence-corrected chi connectivity index (χ0v) is 11.9. The fourth-order valence-corrected chi connectivity index (χ4v) is 3.53. The topological polar surface area (TPSA) is 15.3 Å². The Bertz CT molecular complexity index is 430. The first-order valence-corrected chi connectivity index (χ1v) is 7.03. The summed E-state index contributed by atoms with van der Waals surface area (Å²) in [6.45, 7) is 6.83. The van der Waals surface area contributed by atoms with E-state index in [1.807, 2.05) is 0 Å². The van der Waals surface area contributed by atoms with Crippen molar-refractivity contribution in [2.75, 3.05) is 18.0 Å². The van der Waals surface area contributed by atoms with Gasteiger partial charge >= 0.3 is 0 Å². The minimum absolute atomic E-state index is 0.622. The number of benzene rings is 1. The third-order valence-electron chi connectivity index (χ3n) is 3.85. The van der Waals surface area contributed by atoms with E-state index in [0.717, 1.165) is 13.1 Å². The summed E-state index contributed by atoms with van der Waals surface area (Å²) in [5, 5.41) is 3.53. The lowest BCUT2D eigenvalue weighted by Gasteiger charge is -2.39. The molecule has 3 heteroatoms. The molecule has 2 aliphatic heterocycles. The van der Waals surface area contributed by atoms with E-state index in [1.165, 1.54) is 21.2 Å². The third kappa shape index (κ3) is 1.48. The summed E-state index contributed by atoms with van der Waals surface area (Å²) in [6, 6.07) is 5.87. The molecule has 2 aliphatic rings. The minimum atomic E-state index is 0.622. The van der Waals surface area contributed by atoms with Gasteiger partial charge in [0.15, 0.2) is 0 Å². The minimum Gasteiger partial charge on any atom is -0.362 e. The number of anilines is 1. The van der Waals surface area contributed by atoms with E-state index in [0.29, 0.717) is 12.1 Å². The van der Waals surface area contributed by atoms with Crippen LogP contribution in [0.1, 0.15) is 18.1 Å². The van der Waals surface area contributed by atoms with Crippen molar-refractivity contribution >= 4 is 28.3 Å². The third-order valence-corrected chi connectivity index (χ3v) is 5.02. The highest BCUT2D eigenvalue weighted by molar-refractivity contribution is 14.1. The van der Waals surface area contributed by atoms with Crippen molar-refractivity contribution in [2.45, 2.75) is 32.4 Å². The Morgan fingerprint density at radius 3 is 3.00 bits per heavy atom. The van der Waals surface area contributed by atoms with E-state index in [4.69, 9.17) is 0 Å². The molecule has 2 heterocycles. The van der Waals surface area contributed by atoms with Gasteiger partial charge in [0.25, 0.3) is 0 Å². The van der Waals surface area contributed by atoms with Crippen LogP contribution in [0.25, 0.3) is 0 Å². The Morgan fingerprint density at radius 1 is 1.38 bits per heavy atom. The number of nitrogens with zero attached hydrogens (tertiary/aromatic N) is 1. The highest BCUT2D eigenvalue weighted by Crippen LogP contribution is 2.39. The van der Waals surface area contributed by atoms with E-state index in [9.17, 15) is 0 Å². The maximum absolute atomic E-state index is 3.53. The van der Waals surface area contributed by atoms with E-state index in [-0.39, 0.29) is 0 Å². The molecule has 1 N–H and O–H groups in total. The summed E-state index contributed by atoms with van der Waals surface area (Å²) in [5.74, 6) is 0.